The van der Waals surface area contributed by atoms with Crippen molar-refractivity contribution in [2.24, 2.45) is 0 Å². The molecule has 2 aromatic rings. The lowest BCUT2D eigenvalue weighted by Gasteiger charge is -2.30. The van der Waals surface area contributed by atoms with Crippen molar-refractivity contribution < 1.29 is 9.53 Å². The van der Waals surface area contributed by atoms with Gasteiger partial charge >= 0.3 is 0 Å². The van der Waals surface area contributed by atoms with Crippen molar-refractivity contribution in [3.63, 3.8) is 0 Å². The summed E-state index contributed by atoms with van der Waals surface area (Å²) in [6.07, 6.45) is 1.13. The van der Waals surface area contributed by atoms with Crippen LogP contribution in [0, 0.1) is 11.3 Å². The topological polar surface area (TPSA) is 66.2 Å². The Bertz CT molecular complexity index is 688. The fraction of sp³-hybridized carbons (Fsp3) is 0.267. The van der Waals surface area contributed by atoms with Crippen LogP contribution in [0.5, 0.6) is 0 Å². The van der Waals surface area contributed by atoms with E-state index in [-0.39, 0.29) is 5.91 Å². The van der Waals surface area contributed by atoms with Crippen LogP contribution in [0.2, 0.25) is 0 Å². The zero-order valence-corrected chi connectivity index (χ0v) is 10.8. The van der Waals surface area contributed by atoms with Gasteiger partial charge < -0.3 is 9.64 Å². The largest absolute Gasteiger partial charge is 0.360 e. The van der Waals surface area contributed by atoms with Crippen LogP contribution in [-0.2, 0) is 4.74 Å². The third kappa shape index (κ3) is 2.22. The summed E-state index contributed by atoms with van der Waals surface area (Å²) in [7, 11) is 0. The summed E-state index contributed by atoms with van der Waals surface area (Å²) in [4.78, 5) is 18.5. The van der Waals surface area contributed by atoms with E-state index in [4.69, 9.17) is 10.00 Å². The molecule has 1 aromatic heterocycles. The molecule has 1 aliphatic rings. The van der Waals surface area contributed by atoms with E-state index in [1.807, 2.05) is 30.3 Å². The number of nitriles is 1. The first-order valence-electron chi connectivity index (χ1n) is 6.44. The van der Waals surface area contributed by atoms with E-state index in [0.717, 1.165) is 5.39 Å². The molecule has 0 aliphatic carbocycles. The van der Waals surface area contributed by atoms with Gasteiger partial charge in [0.2, 0.25) is 0 Å². The van der Waals surface area contributed by atoms with Gasteiger partial charge in [-0.2, -0.15) is 5.26 Å². The molecule has 100 valence electrons. The Hall–Kier alpha value is -2.45. The van der Waals surface area contributed by atoms with E-state index >= 15 is 0 Å². The van der Waals surface area contributed by atoms with E-state index < -0.39 is 6.10 Å². The summed E-state index contributed by atoms with van der Waals surface area (Å²) in [5.41, 5.74) is 1.27. The van der Waals surface area contributed by atoms with Gasteiger partial charge in [-0.05, 0) is 12.1 Å². The van der Waals surface area contributed by atoms with E-state index in [1.54, 1.807) is 17.2 Å². The Morgan fingerprint density at radius 2 is 2.25 bits per heavy atom. The van der Waals surface area contributed by atoms with Crippen LogP contribution >= 0.6 is 0 Å². The summed E-state index contributed by atoms with van der Waals surface area (Å²) >= 11 is 0. The van der Waals surface area contributed by atoms with Crippen molar-refractivity contribution >= 4 is 16.8 Å². The number of pyridine rings is 1. The number of benzene rings is 1. The van der Waals surface area contributed by atoms with Gasteiger partial charge in [0.15, 0.2) is 6.10 Å². The molecule has 1 unspecified atom stereocenters. The minimum absolute atomic E-state index is 0.0992. The molecule has 1 fully saturated rings. The lowest BCUT2D eigenvalue weighted by atomic mass is 10.1. The van der Waals surface area contributed by atoms with E-state index in [9.17, 15) is 4.79 Å². The quantitative estimate of drug-likeness (QED) is 0.787. The second kappa shape index (κ2) is 5.27. The minimum atomic E-state index is -0.546. The number of nitrogens with zero attached hydrogens (tertiary/aromatic N) is 3. The molecule has 20 heavy (non-hydrogen) atoms. The SMILES string of the molecule is N#CC1CN(C(=O)c2cccc3cccnc23)CCO1. The van der Waals surface area contributed by atoms with Gasteiger partial charge in [-0.3, -0.25) is 9.78 Å². The van der Waals surface area contributed by atoms with Crippen molar-refractivity contribution in [1.29, 1.82) is 5.26 Å². The minimum Gasteiger partial charge on any atom is -0.360 e. The van der Waals surface area contributed by atoms with Crippen molar-refractivity contribution in [1.82, 2.24) is 9.88 Å². The molecule has 1 aromatic carbocycles. The zero-order valence-electron chi connectivity index (χ0n) is 10.8. The van der Waals surface area contributed by atoms with E-state index in [0.29, 0.717) is 30.8 Å². The third-order valence-corrected chi connectivity index (χ3v) is 3.36. The Kier molecular flexibility index (Phi) is 3.32. The van der Waals surface area contributed by atoms with Gasteiger partial charge in [-0.15, -0.1) is 0 Å². The Balaban J connectivity index is 1.95. The fourth-order valence-electron chi connectivity index (χ4n) is 2.36. The van der Waals surface area contributed by atoms with Crippen LogP contribution in [0.25, 0.3) is 10.9 Å². The Morgan fingerprint density at radius 3 is 3.10 bits per heavy atom. The Labute approximate surface area is 116 Å². The number of hydrogen-bond donors (Lipinski definition) is 0. The molecule has 0 N–H and O–H groups in total. The van der Waals surface area contributed by atoms with E-state index in [2.05, 4.69) is 4.98 Å². The van der Waals surface area contributed by atoms with Crippen molar-refractivity contribution in [2.45, 2.75) is 6.10 Å². The first kappa shape index (κ1) is 12.6. The van der Waals surface area contributed by atoms with Gasteiger partial charge in [0.25, 0.3) is 5.91 Å². The molecular formula is C15H13N3O2. The maximum absolute atomic E-state index is 12.6. The van der Waals surface area contributed by atoms with Crippen molar-refractivity contribution in [3.8, 4) is 6.07 Å². The number of aromatic nitrogens is 1. The van der Waals surface area contributed by atoms with Crippen LogP contribution in [0.4, 0.5) is 0 Å². The number of ether oxygens (including phenoxy) is 1. The van der Waals surface area contributed by atoms with E-state index in [1.165, 1.54) is 0 Å². The summed E-state index contributed by atoms with van der Waals surface area (Å²) in [5, 5.41) is 9.84. The third-order valence-electron chi connectivity index (χ3n) is 3.36. The first-order chi connectivity index (χ1) is 9.79. The molecule has 1 saturated heterocycles. The molecule has 0 bridgehead atoms. The van der Waals surface area contributed by atoms with Crippen LogP contribution in [0.3, 0.4) is 0 Å². The second-order valence-electron chi connectivity index (χ2n) is 4.62. The molecule has 3 rings (SSSR count). The highest BCUT2D eigenvalue weighted by molar-refractivity contribution is 6.05. The summed E-state index contributed by atoms with van der Waals surface area (Å²) in [6, 6.07) is 11.4. The number of morpholine rings is 1. The van der Waals surface area contributed by atoms with Gasteiger partial charge in [0.1, 0.15) is 0 Å². The van der Waals surface area contributed by atoms with Gasteiger partial charge in [-0.25, -0.2) is 0 Å². The van der Waals surface area contributed by atoms with Crippen LogP contribution in [0.15, 0.2) is 36.5 Å². The number of carbonyl (C=O) groups is 1. The monoisotopic (exact) mass is 267 g/mol. The second-order valence-corrected chi connectivity index (χ2v) is 4.62. The van der Waals surface area contributed by atoms with Crippen LogP contribution in [-0.4, -0.2) is 41.6 Å². The molecule has 2 heterocycles. The predicted molar refractivity (Wildman–Crippen MR) is 73.0 cm³/mol. The fourth-order valence-corrected chi connectivity index (χ4v) is 2.36. The van der Waals surface area contributed by atoms with Crippen LogP contribution < -0.4 is 0 Å². The number of fused-ring (bicyclic) bond motifs is 1. The molecule has 0 radical (unpaired) electrons. The lowest BCUT2D eigenvalue weighted by molar-refractivity contribution is 0.00355. The lowest BCUT2D eigenvalue weighted by Crippen LogP contribution is -2.45. The molecule has 1 atom stereocenters. The van der Waals surface area contributed by atoms with Crippen molar-refractivity contribution in [3.05, 3.63) is 42.1 Å². The molecule has 5 nitrogen and oxygen atoms in total. The molecule has 5 heteroatoms. The highest BCUT2D eigenvalue weighted by Gasteiger charge is 2.25. The van der Waals surface area contributed by atoms with Gasteiger partial charge in [0, 0.05) is 18.1 Å². The number of carbonyl (C=O) groups excluding carboxylic acids is 1. The number of rotatable bonds is 1. The number of amides is 1. The summed E-state index contributed by atoms with van der Waals surface area (Å²) in [5.74, 6) is -0.0992. The maximum Gasteiger partial charge on any atom is 0.256 e. The predicted octanol–water partition coefficient (Wildman–Crippen LogP) is 1.60. The average Bonchev–Trinajstić information content (AvgIpc) is 2.53. The summed E-state index contributed by atoms with van der Waals surface area (Å²) in [6.45, 7) is 1.20. The molecule has 0 saturated carbocycles. The summed E-state index contributed by atoms with van der Waals surface area (Å²) < 4.78 is 5.26. The smallest absolute Gasteiger partial charge is 0.256 e. The van der Waals surface area contributed by atoms with Crippen LogP contribution in [0.1, 0.15) is 10.4 Å². The van der Waals surface area contributed by atoms with Gasteiger partial charge in [0.05, 0.1) is 30.3 Å². The first-order valence-corrected chi connectivity index (χ1v) is 6.44. The molecular weight excluding hydrogens is 254 g/mol. The number of hydrogen-bond acceptors (Lipinski definition) is 4. The molecule has 0 spiro atoms. The standard InChI is InChI=1S/C15H13N3O2/c16-9-12-10-18(7-8-20-12)15(19)13-5-1-3-11-4-2-6-17-14(11)13/h1-6,12H,7-8,10H2. The zero-order chi connectivity index (χ0) is 13.9. The maximum atomic E-state index is 12.6. The Morgan fingerprint density at radius 1 is 1.40 bits per heavy atom. The van der Waals surface area contributed by atoms with Gasteiger partial charge in [-0.1, -0.05) is 18.2 Å². The highest BCUT2D eigenvalue weighted by atomic mass is 16.5. The number of para-hydroxylation sites is 1. The molecule has 1 amide bonds. The van der Waals surface area contributed by atoms with Crippen molar-refractivity contribution in [2.75, 3.05) is 19.7 Å². The average molecular weight is 267 g/mol. The highest BCUT2D eigenvalue weighted by Crippen LogP contribution is 2.19. The normalized spacial score (nSPS) is 18.8. The molecule has 1 aliphatic heterocycles.